The Morgan fingerprint density at radius 2 is 2.18 bits per heavy atom. The van der Waals surface area contributed by atoms with Crippen molar-refractivity contribution in [3.05, 3.63) is 16.4 Å². The second-order valence-electron chi connectivity index (χ2n) is 1.81. The van der Waals surface area contributed by atoms with Gasteiger partial charge in [0.2, 0.25) is 0 Å². The molecule has 1 rings (SSSR count). The Balaban J connectivity index is 3.16. The highest BCUT2D eigenvalue weighted by atomic mass is 16.5. The Labute approximate surface area is 63.0 Å². The molecule has 0 saturated carbocycles. The molecule has 5 heteroatoms. The molecule has 1 aromatic rings. The molecule has 0 aliphatic heterocycles. The van der Waals surface area contributed by atoms with Crippen molar-refractivity contribution in [1.82, 2.24) is 10.2 Å². The van der Waals surface area contributed by atoms with Gasteiger partial charge in [0.1, 0.15) is 0 Å². The van der Waals surface area contributed by atoms with E-state index in [2.05, 4.69) is 10.2 Å². The van der Waals surface area contributed by atoms with Crippen LogP contribution in [0, 0.1) is 0 Å². The van der Waals surface area contributed by atoms with Gasteiger partial charge in [-0.2, -0.15) is 0 Å². The van der Waals surface area contributed by atoms with Crippen molar-refractivity contribution in [1.29, 1.82) is 0 Å². The first kappa shape index (κ1) is 7.59. The molecule has 0 unspecified atom stereocenters. The van der Waals surface area contributed by atoms with Crippen molar-refractivity contribution in [3.8, 4) is 11.6 Å². The zero-order valence-electron chi connectivity index (χ0n) is 6.25. The maximum Gasteiger partial charge on any atom is 0.274 e. The second kappa shape index (κ2) is 3.05. The molecular weight excluding hydrogens is 148 g/mol. The van der Waals surface area contributed by atoms with Gasteiger partial charge in [-0.1, -0.05) is 0 Å². The summed E-state index contributed by atoms with van der Waals surface area (Å²) in [7, 11) is 2.89. The molecule has 11 heavy (non-hydrogen) atoms. The monoisotopic (exact) mass is 156 g/mol. The summed E-state index contributed by atoms with van der Waals surface area (Å²) < 4.78 is 9.59. The average Bonchev–Trinajstić information content (AvgIpc) is 2.04. The van der Waals surface area contributed by atoms with Gasteiger partial charge in [-0.25, -0.2) is 5.10 Å². The van der Waals surface area contributed by atoms with Crippen molar-refractivity contribution in [2.24, 2.45) is 0 Å². The quantitative estimate of drug-likeness (QED) is 0.643. The molecule has 0 aliphatic carbocycles. The summed E-state index contributed by atoms with van der Waals surface area (Å²) in [5.74, 6) is 0.600. The van der Waals surface area contributed by atoms with Crippen LogP contribution in [0.2, 0.25) is 0 Å². The third-order valence-corrected chi connectivity index (χ3v) is 1.15. The van der Waals surface area contributed by atoms with Gasteiger partial charge in [-0.15, -0.1) is 5.10 Å². The molecule has 5 nitrogen and oxygen atoms in total. The van der Waals surface area contributed by atoms with Crippen LogP contribution in [-0.4, -0.2) is 24.4 Å². The third-order valence-electron chi connectivity index (χ3n) is 1.15. The molecule has 0 fully saturated rings. The van der Waals surface area contributed by atoms with Gasteiger partial charge in [0.15, 0.2) is 5.75 Å². The molecule has 60 valence electrons. The number of H-pyrrole nitrogens is 1. The van der Waals surface area contributed by atoms with E-state index in [9.17, 15) is 4.79 Å². The van der Waals surface area contributed by atoms with Crippen molar-refractivity contribution >= 4 is 0 Å². The lowest BCUT2D eigenvalue weighted by Crippen LogP contribution is -2.08. The number of hydrogen-bond acceptors (Lipinski definition) is 4. The lowest BCUT2D eigenvalue weighted by atomic mass is 10.5. The Hall–Kier alpha value is -1.52. The number of nitrogens with zero attached hydrogens (tertiary/aromatic N) is 1. The highest BCUT2D eigenvalue weighted by molar-refractivity contribution is 5.30. The van der Waals surface area contributed by atoms with E-state index in [1.807, 2.05) is 0 Å². The summed E-state index contributed by atoms with van der Waals surface area (Å²) >= 11 is 0. The van der Waals surface area contributed by atoms with Crippen LogP contribution in [0.15, 0.2) is 10.9 Å². The number of methoxy groups -OCH3 is 2. The minimum Gasteiger partial charge on any atom is -0.491 e. The SMILES string of the molecule is COc1cc(=O)[nH]nc1OC. The van der Waals surface area contributed by atoms with E-state index >= 15 is 0 Å². The van der Waals surface area contributed by atoms with Crippen LogP contribution in [0.25, 0.3) is 0 Å². The third kappa shape index (κ3) is 1.49. The van der Waals surface area contributed by atoms with E-state index in [-0.39, 0.29) is 11.4 Å². The molecule has 0 saturated heterocycles. The highest BCUT2D eigenvalue weighted by Gasteiger charge is 2.03. The van der Waals surface area contributed by atoms with Gasteiger partial charge < -0.3 is 9.47 Å². The fourth-order valence-electron chi connectivity index (χ4n) is 0.667. The van der Waals surface area contributed by atoms with Crippen LogP contribution in [0.1, 0.15) is 0 Å². The molecule has 0 bridgehead atoms. The zero-order valence-corrected chi connectivity index (χ0v) is 6.25. The molecular formula is C6H8N2O3. The molecule has 1 aromatic heterocycles. The topological polar surface area (TPSA) is 64.2 Å². The van der Waals surface area contributed by atoms with E-state index in [0.717, 1.165) is 0 Å². The first-order chi connectivity index (χ1) is 5.27. The molecule has 0 aromatic carbocycles. The summed E-state index contributed by atoms with van der Waals surface area (Å²) in [6.45, 7) is 0. The number of rotatable bonds is 2. The Morgan fingerprint density at radius 3 is 2.73 bits per heavy atom. The van der Waals surface area contributed by atoms with E-state index < -0.39 is 0 Å². The molecule has 0 spiro atoms. The van der Waals surface area contributed by atoms with Gasteiger partial charge in [0, 0.05) is 0 Å². The smallest absolute Gasteiger partial charge is 0.274 e. The second-order valence-corrected chi connectivity index (χ2v) is 1.81. The van der Waals surface area contributed by atoms with Crippen LogP contribution in [-0.2, 0) is 0 Å². The van der Waals surface area contributed by atoms with Crippen molar-refractivity contribution in [2.45, 2.75) is 0 Å². The Morgan fingerprint density at radius 1 is 1.45 bits per heavy atom. The van der Waals surface area contributed by atoms with Gasteiger partial charge in [0.25, 0.3) is 11.4 Å². The standard InChI is InChI=1S/C6H8N2O3/c1-10-4-3-5(9)7-8-6(4)11-2/h3H,1-2H3,(H,7,9). The fraction of sp³-hybridized carbons (Fsp3) is 0.333. The minimum absolute atomic E-state index is 0.270. The summed E-state index contributed by atoms with van der Waals surface area (Å²) in [4.78, 5) is 10.7. The van der Waals surface area contributed by atoms with Crippen LogP contribution in [0.4, 0.5) is 0 Å². The van der Waals surface area contributed by atoms with Gasteiger partial charge in [-0.05, 0) is 0 Å². The van der Waals surface area contributed by atoms with Gasteiger partial charge >= 0.3 is 0 Å². The van der Waals surface area contributed by atoms with Crippen molar-refractivity contribution < 1.29 is 9.47 Å². The Kier molecular flexibility index (Phi) is 2.10. The summed E-state index contributed by atoms with van der Waals surface area (Å²) in [6.07, 6.45) is 0. The predicted molar refractivity (Wildman–Crippen MR) is 38.0 cm³/mol. The van der Waals surface area contributed by atoms with E-state index in [1.54, 1.807) is 0 Å². The van der Waals surface area contributed by atoms with Crippen molar-refractivity contribution in [3.63, 3.8) is 0 Å². The highest BCUT2D eigenvalue weighted by Crippen LogP contribution is 2.18. The van der Waals surface area contributed by atoms with Crippen LogP contribution in [0.3, 0.4) is 0 Å². The largest absolute Gasteiger partial charge is 0.491 e. The van der Waals surface area contributed by atoms with E-state index in [4.69, 9.17) is 9.47 Å². The first-order valence-electron chi connectivity index (χ1n) is 2.95. The number of ether oxygens (including phenoxy) is 2. The van der Waals surface area contributed by atoms with Gasteiger partial charge in [0.05, 0.1) is 20.3 Å². The number of nitrogens with one attached hydrogen (secondary N) is 1. The molecule has 0 atom stereocenters. The number of aromatic nitrogens is 2. The average molecular weight is 156 g/mol. The van der Waals surface area contributed by atoms with Crippen LogP contribution >= 0.6 is 0 Å². The number of hydrogen-bond donors (Lipinski definition) is 1. The van der Waals surface area contributed by atoms with Crippen LogP contribution < -0.4 is 15.0 Å². The molecule has 1 heterocycles. The fourth-order valence-corrected chi connectivity index (χ4v) is 0.667. The maximum absolute atomic E-state index is 10.7. The first-order valence-corrected chi connectivity index (χ1v) is 2.95. The zero-order chi connectivity index (χ0) is 8.27. The normalized spacial score (nSPS) is 9.27. The number of aromatic amines is 1. The predicted octanol–water partition coefficient (Wildman–Crippen LogP) is -0.213. The van der Waals surface area contributed by atoms with E-state index in [0.29, 0.717) is 5.75 Å². The molecule has 0 amide bonds. The molecule has 0 aliphatic rings. The minimum atomic E-state index is -0.317. The molecule has 0 radical (unpaired) electrons. The maximum atomic E-state index is 10.7. The van der Waals surface area contributed by atoms with Gasteiger partial charge in [-0.3, -0.25) is 4.79 Å². The summed E-state index contributed by atoms with van der Waals surface area (Å²) in [5, 5.41) is 5.80. The summed E-state index contributed by atoms with van der Waals surface area (Å²) in [6, 6.07) is 1.27. The Bertz CT molecular complexity index is 294. The molecule has 1 N–H and O–H groups in total. The lowest BCUT2D eigenvalue weighted by Gasteiger charge is -2.02. The van der Waals surface area contributed by atoms with Crippen molar-refractivity contribution in [2.75, 3.05) is 14.2 Å². The lowest BCUT2D eigenvalue weighted by molar-refractivity contribution is 0.337. The summed E-state index contributed by atoms with van der Waals surface area (Å²) in [5.41, 5.74) is -0.317. The van der Waals surface area contributed by atoms with Crippen LogP contribution in [0.5, 0.6) is 11.6 Å². The van der Waals surface area contributed by atoms with E-state index in [1.165, 1.54) is 20.3 Å².